The Hall–Kier alpha value is -1.96. The van der Waals surface area contributed by atoms with Gasteiger partial charge in [-0.15, -0.1) is 0 Å². The van der Waals surface area contributed by atoms with Crippen LogP contribution in [0.2, 0.25) is 0 Å². The summed E-state index contributed by atoms with van der Waals surface area (Å²) >= 11 is 0. The Morgan fingerprint density at radius 2 is 1.35 bits per heavy atom. The lowest BCUT2D eigenvalue weighted by atomic mass is 9.78. The molecule has 4 nitrogen and oxygen atoms in total. The Labute approximate surface area is 182 Å². The minimum absolute atomic E-state index is 0.417. The standard InChI is InChI=1S/C11H14BF3N.C11H16BNO2/c13-12(14,15)10-6-2-3-7-11(10)16-8-4-1-5-9-16;14-12(15)10-6-2-3-7-11(10)13-8-4-1-5-9-13/h2-3,6-7H,1,4-5,8-9H2;2-3,6-7,14-15H,1,4-5,8-9H2/q-1;/p+1. The van der Waals surface area contributed by atoms with Crippen LogP contribution in [-0.2, 0) is 0 Å². The molecule has 0 saturated carbocycles. The Kier molecular flexibility index (Phi) is 8.46. The fourth-order valence-electron chi connectivity index (χ4n) is 4.48. The first kappa shape index (κ1) is 23.7. The van der Waals surface area contributed by atoms with Crippen LogP contribution in [0.1, 0.15) is 38.5 Å². The van der Waals surface area contributed by atoms with Crippen molar-refractivity contribution in [3.05, 3.63) is 48.5 Å². The second-order valence-electron chi connectivity index (χ2n) is 8.31. The molecule has 2 aromatic carbocycles. The molecule has 0 unspecified atom stereocenters. The average Bonchev–Trinajstić information content (AvgIpc) is 2.80. The lowest BCUT2D eigenvalue weighted by Crippen LogP contribution is -3.09. The summed E-state index contributed by atoms with van der Waals surface area (Å²) in [5.74, 6) is 0. The van der Waals surface area contributed by atoms with E-state index in [0.29, 0.717) is 11.2 Å². The van der Waals surface area contributed by atoms with Gasteiger partial charge in [-0.25, -0.2) is 0 Å². The molecule has 0 aromatic heterocycles. The third-order valence-corrected chi connectivity index (χ3v) is 6.06. The molecular weight excluding hydrogens is 403 g/mol. The highest BCUT2D eigenvalue weighted by molar-refractivity contribution is 6.74. The molecule has 4 rings (SSSR count). The van der Waals surface area contributed by atoms with Crippen molar-refractivity contribution in [3.63, 3.8) is 0 Å². The van der Waals surface area contributed by atoms with Gasteiger partial charge < -0.3 is 32.8 Å². The predicted octanol–water partition coefficient (Wildman–Crippen LogP) is 1.80. The Balaban J connectivity index is 0.000000176. The molecule has 31 heavy (non-hydrogen) atoms. The van der Waals surface area contributed by atoms with Crippen LogP contribution in [0.4, 0.5) is 24.3 Å². The molecule has 3 N–H and O–H groups in total. The van der Waals surface area contributed by atoms with Gasteiger partial charge in [0.2, 0.25) is 0 Å². The van der Waals surface area contributed by atoms with E-state index < -0.39 is 19.6 Å². The Morgan fingerprint density at radius 3 is 2.00 bits per heavy atom. The minimum Gasteiger partial charge on any atom is -0.445 e. The van der Waals surface area contributed by atoms with E-state index in [1.165, 1.54) is 31.4 Å². The lowest BCUT2D eigenvalue weighted by Gasteiger charge is -2.30. The van der Waals surface area contributed by atoms with Crippen molar-refractivity contribution in [3.8, 4) is 0 Å². The fourth-order valence-corrected chi connectivity index (χ4v) is 4.48. The molecule has 2 saturated heterocycles. The van der Waals surface area contributed by atoms with Crippen LogP contribution in [0, 0.1) is 0 Å². The second kappa shape index (κ2) is 11.1. The van der Waals surface area contributed by atoms with Gasteiger partial charge in [0, 0.05) is 24.2 Å². The first-order valence-electron chi connectivity index (χ1n) is 11.2. The molecule has 2 aromatic rings. The molecule has 2 aliphatic heterocycles. The highest BCUT2D eigenvalue weighted by atomic mass is 19.4. The molecule has 0 spiro atoms. The lowest BCUT2D eigenvalue weighted by molar-refractivity contribution is -0.837. The number of quaternary nitrogens is 1. The summed E-state index contributed by atoms with van der Waals surface area (Å²) in [6.07, 6.45) is 6.85. The van der Waals surface area contributed by atoms with Crippen molar-refractivity contribution in [2.24, 2.45) is 0 Å². The zero-order chi connectivity index (χ0) is 22.3. The average molecular weight is 434 g/mol. The molecule has 2 aliphatic rings. The molecule has 168 valence electrons. The van der Waals surface area contributed by atoms with E-state index >= 15 is 0 Å². The van der Waals surface area contributed by atoms with Gasteiger partial charge in [-0.3, -0.25) is 0 Å². The smallest absolute Gasteiger partial charge is 0.445 e. The molecular formula is C22H31B2F3N2O2. The largest absolute Gasteiger partial charge is 0.515 e. The highest BCUT2D eigenvalue weighted by Gasteiger charge is 2.32. The monoisotopic (exact) mass is 434 g/mol. The van der Waals surface area contributed by atoms with Gasteiger partial charge in [0.15, 0.2) is 0 Å². The summed E-state index contributed by atoms with van der Waals surface area (Å²) in [4.78, 5) is 3.22. The van der Waals surface area contributed by atoms with E-state index in [2.05, 4.69) is 4.90 Å². The van der Waals surface area contributed by atoms with Crippen LogP contribution in [0.5, 0.6) is 0 Å². The molecule has 0 aliphatic carbocycles. The molecule has 0 atom stereocenters. The Morgan fingerprint density at radius 1 is 0.774 bits per heavy atom. The van der Waals surface area contributed by atoms with Crippen LogP contribution >= 0.6 is 0 Å². The number of benzene rings is 2. The first-order chi connectivity index (χ1) is 14.9. The predicted molar refractivity (Wildman–Crippen MR) is 122 cm³/mol. The first-order valence-corrected chi connectivity index (χ1v) is 11.2. The maximum absolute atomic E-state index is 12.9. The summed E-state index contributed by atoms with van der Waals surface area (Å²) in [6, 6.07) is 13.5. The van der Waals surface area contributed by atoms with Crippen LogP contribution in [-0.4, -0.2) is 50.3 Å². The zero-order valence-electron chi connectivity index (χ0n) is 17.8. The van der Waals surface area contributed by atoms with E-state index in [9.17, 15) is 23.0 Å². The quantitative estimate of drug-likeness (QED) is 0.644. The van der Waals surface area contributed by atoms with Crippen molar-refractivity contribution < 1.29 is 27.9 Å². The van der Waals surface area contributed by atoms with E-state index in [1.54, 1.807) is 18.2 Å². The van der Waals surface area contributed by atoms with Gasteiger partial charge in [0.1, 0.15) is 5.69 Å². The maximum atomic E-state index is 12.9. The zero-order valence-corrected chi connectivity index (χ0v) is 17.8. The van der Waals surface area contributed by atoms with Gasteiger partial charge in [-0.1, -0.05) is 36.4 Å². The number of nitrogens with one attached hydrogen (secondary N) is 1. The van der Waals surface area contributed by atoms with Crippen LogP contribution in [0.25, 0.3) is 0 Å². The van der Waals surface area contributed by atoms with Gasteiger partial charge in [-0.2, -0.15) is 0 Å². The molecule has 0 radical (unpaired) electrons. The van der Waals surface area contributed by atoms with Gasteiger partial charge >= 0.3 is 14.1 Å². The number of para-hydroxylation sites is 2. The Bertz CT molecular complexity index is 824. The normalized spacial score (nSPS) is 17.6. The number of hydrogen-bond acceptors (Lipinski definition) is 3. The molecule has 0 bridgehead atoms. The van der Waals surface area contributed by atoms with Gasteiger partial charge in [-0.05, 0) is 56.1 Å². The van der Waals surface area contributed by atoms with E-state index in [1.807, 2.05) is 18.2 Å². The number of hydrogen-bond donors (Lipinski definition) is 3. The molecule has 2 heterocycles. The van der Waals surface area contributed by atoms with Crippen LogP contribution in [0.15, 0.2) is 48.5 Å². The van der Waals surface area contributed by atoms with Gasteiger partial charge in [0.05, 0.1) is 13.1 Å². The minimum atomic E-state index is -4.89. The SMILES string of the molecule is F[B-](F)(F)c1ccccc1[NH+]1CCCCC1.OB(O)c1ccccc1N1CCCCC1. The van der Waals surface area contributed by atoms with Crippen molar-refractivity contribution in [1.29, 1.82) is 0 Å². The summed E-state index contributed by atoms with van der Waals surface area (Å²) in [5.41, 5.74) is 1.60. The van der Waals surface area contributed by atoms with Crippen LogP contribution in [0.3, 0.4) is 0 Å². The van der Waals surface area contributed by atoms with Crippen LogP contribution < -0.4 is 20.7 Å². The molecule has 2 fully saturated rings. The fraction of sp³-hybridized carbons (Fsp3) is 0.455. The third kappa shape index (κ3) is 6.51. The molecule has 0 amide bonds. The number of piperidine rings is 2. The number of halogens is 3. The number of nitrogens with zero attached hydrogens (tertiary/aromatic N) is 1. The van der Waals surface area contributed by atoms with Gasteiger partial charge in [0.25, 0.3) is 0 Å². The van der Waals surface area contributed by atoms with Crippen molar-refractivity contribution in [1.82, 2.24) is 0 Å². The second-order valence-corrected chi connectivity index (χ2v) is 8.31. The summed E-state index contributed by atoms with van der Waals surface area (Å²) in [6.45, 7) is -1.21. The van der Waals surface area contributed by atoms with E-state index in [-0.39, 0.29) is 0 Å². The topological polar surface area (TPSA) is 48.1 Å². The summed E-state index contributed by atoms with van der Waals surface area (Å²) in [5, 5.41) is 18.5. The number of rotatable bonds is 4. The van der Waals surface area contributed by atoms with Crippen molar-refractivity contribution in [2.45, 2.75) is 38.5 Å². The van der Waals surface area contributed by atoms with E-state index in [0.717, 1.165) is 56.0 Å². The third-order valence-electron chi connectivity index (χ3n) is 6.06. The summed E-state index contributed by atoms with van der Waals surface area (Å²) in [7, 11) is -1.37. The van der Waals surface area contributed by atoms with Crippen molar-refractivity contribution >= 4 is 36.4 Å². The molecule has 9 heteroatoms. The summed E-state index contributed by atoms with van der Waals surface area (Å²) < 4.78 is 38.6. The van der Waals surface area contributed by atoms with E-state index in [4.69, 9.17) is 0 Å². The highest BCUT2D eigenvalue weighted by Crippen LogP contribution is 2.18. The van der Waals surface area contributed by atoms with Crippen molar-refractivity contribution in [2.75, 3.05) is 31.1 Å². The number of anilines is 1. The maximum Gasteiger partial charge on any atom is 0.515 e.